The molecule has 4 heterocycles. The van der Waals surface area contributed by atoms with Gasteiger partial charge in [0.15, 0.2) is 0 Å². The van der Waals surface area contributed by atoms with Gasteiger partial charge in [0.1, 0.15) is 11.4 Å². The number of aromatic nitrogens is 4. The highest BCUT2D eigenvalue weighted by atomic mass is 35.5. The van der Waals surface area contributed by atoms with Gasteiger partial charge in [0.25, 0.3) is 0 Å². The van der Waals surface area contributed by atoms with Crippen LogP contribution in [-0.4, -0.2) is 55.1 Å². The zero-order valence-electron chi connectivity index (χ0n) is 21.5. The summed E-state index contributed by atoms with van der Waals surface area (Å²) in [5.74, 6) is -0.136. The maximum absolute atomic E-state index is 13.1. The molecular weight excluding hydrogens is 524 g/mol. The third-order valence-electron chi connectivity index (χ3n) is 6.30. The first-order chi connectivity index (χ1) is 18.2. The van der Waals surface area contributed by atoms with Crippen molar-refractivity contribution in [1.82, 2.24) is 24.4 Å². The van der Waals surface area contributed by atoms with Crippen LogP contribution in [0.3, 0.4) is 0 Å². The van der Waals surface area contributed by atoms with Gasteiger partial charge in [-0.1, -0.05) is 17.7 Å². The number of rotatable bonds is 5. The summed E-state index contributed by atoms with van der Waals surface area (Å²) in [5.41, 5.74) is 5.66. The molecule has 0 aliphatic carbocycles. The highest BCUT2D eigenvalue weighted by molar-refractivity contribution is 7.07. The quantitative estimate of drug-likeness (QED) is 0.333. The number of hydrogen-bond acceptors (Lipinski definition) is 7. The first-order valence-electron chi connectivity index (χ1n) is 12.4. The molecule has 11 heteroatoms. The van der Waals surface area contributed by atoms with Crippen molar-refractivity contribution in [3.05, 3.63) is 58.4 Å². The predicted octanol–water partition coefficient (Wildman–Crippen LogP) is 5.84. The van der Waals surface area contributed by atoms with Crippen molar-refractivity contribution < 1.29 is 14.3 Å². The molecule has 1 aliphatic heterocycles. The van der Waals surface area contributed by atoms with E-state index in [4.69, 9.17) is 16.3 Å². The van der Waals surface area contributed by atoms with Crippen LogP contribution in [0, 0.1) is 5.92 Å². The lowest BCUT2D eigenvalue weighted by atomic mass is 9.97. The number of piperidine rings is 1. The van der Waals surface area contributed by atoms with E-state index in [9.17, 15) is 9.59 Å². The van der Waals surface area contributed by atoms with Crippen LogP contribution in [0.15, 0.2) is 47.7 Å². The van der Waals surface area contributed by atoms with Gasteiger partial charge in [-0.3, -0.25) is 4.79 Å². The molecule has 1 fully saturated rings. The number of nitrogens with zero attached hydrogens (tertiary/aromatic N) is 5. The minimum absolute atomic E-state index is 0.185. The van der Waals surface area contributed by atoms with Gasteiger partial charge in [-0.05, 0) is 57.4 Å². The predicted molar refractivity (Wildman–Crippen MR) is 148 cm³/mol. The summed E-state index contributed by atoms with van der Waals surface area (Å²) in [4.78, 5) is 40.4. The number of halogens is 1. The van der Waals surface area contributed by atoms with E-state index in [2.05, 4.69) is 24.8 Å². The minimum Gasteiger partial charge on any atom is -0.444 e. The number of nitrogens with one attached hydrogen (secondary N) is 1. The van der Waals surface area contributed by atoms with E-state index < -0.39 is 11.7 Å². The number of amides is 2. The molecule has 0 bridgehead atoms. The smallest absolute Gasteiger partial charge is 0.410 e. The van der Waals surface area contributed by atoms with E-state index >= 15 is 0 Å². The van der Waals surface area contributed by atoms with Crippen molar-refractivity contribution in [2.75, 3.05) is 18.4 Å². The Kier molecular flexibility index (Phi) is 7.36. The summed E-state index contributed by atoms with van der Waals surface area (Å²) in [7, 11) is 0. The minimum atomic E-state index is -0.585. The Morgan fingerprint density at radius 2 is 2.05 bits per heavy atom. The molecule has 1 saturated heterocycles. The van der Waals surface area contributed by atoms with E-state index in [1.54, 1.807) is 28.6 Å². The Bertz CT molecular complexity index is 1460. The molecule has 1 N–H and O–H groups in total. The van der Waals surface area contributed by atoms with E-state index in [-0.39, 0.29) is 11.8 Å². The number of imidazole rings is 1. The Balaban J connectivity index is 1.30. The molecule has 0 saturated carbocycles. The van der Waals surface area contributed by atoms with Crippen LogP contribution in [-0.2, 0) is 16.1 Å². The number of carbonyl (C=O) groups is 2. The molecule has 5 rings (SSSR count). The Morgan fingerprint density at radius 3 is 2.82 bits per heavy atom. The number of carbonyl (C=O) groups excluding carboxylic acids is 2. The molecule has 9 nitrogen and oxygen atoms in total. The summed E-state index contributed by atoms with van der Waals surface area (Å²) in [5, 5.41) is 5.40. The number of hydrogen-bond donors (Lipinski definition) is 1. The summed E-state index contributed by atoms with van der Waals surface area (Å²) < 4.78 is 7.53. The van der Waals surface area contributed by atoms with E-state index in [0.29, 0.717) is 36.9 Å². The molecule has 1 aliphatic rings. The van der Waals surface area contributed by atoms with Crippen molar-refractivity contribution in [2.24, 2.45) is 5.92 Å². The lowest BCUT2D eigenvalue weighted by Crippen LogP contribution is -2.45. The maximum Gasteiger partial charge on any atom is 0.410 e. The second-order valence-electron chi connectivity index (χ2n) is 10.4. The zero-order valence-corrected chi connectivity index (χ0v) is 23.1. The van der Waals surface area contributed by atoms with Gasteiger partial charge in [0.05, 0.1) is 46.1 Å². The van der Waals surface area contributed by atoms with Crippen LogP contribution in [0.4, 0.5) is 10.6 Å². The number of benzene rings is 1. The number of pyridine rings is 1. The number of thiazole rings is 1. The van der Waals surface area contributed by atoms with Crippen LogP contribution in [0.2, 0.25) is 5.02 Å². The largest absolute Gasteiger partial charge is 0.444 e. The van der Waals surface area contributed by atoms with Gasteiger partial charge in [-0.2, -0.15) is 0 Å². The monoisotopic (exact) mass is 552 g/mol. The lowest BCUT2D eigenvalue weighted by molar-refractivity contribution is -0.121. The first-order valence-corrected chi connectivity index (χ1v) is 13.7. The highest BCUT2D eigenvalue weighted by Crippen LogP contribution is 2.32. The van der Waals surface area contributed by atoms with Crippen LogP contribution in [0.25, 0.3) is 22.2 Å². The van der Waals surface area contributed by atoms with Crippen molar-refractivity contribution in [3.63, 3.8) is 0 Å². The number of ether oxygens (including phenoxy) is 1. The van der Waals surface area contributed by atoms with Gasteiger partial charge in [-0.15, -0.1) is 11.3 Å². The topological polar surface area (TPSA) is 102 Å². The second-order valence-corrected chi connectivity index (χ2v) is 11.5. The molecule has 4 aromatic rings. The van der Waals surface area contributed by atoms with Gasteiger partial charge in [0, 0.05) is 30.2 Å². The Morgan fingerprint density at radius 1 is 1.21 bits per heavy atom. The van der Waals surface area contributed by atoms with Crippen LogP contribution in [0.1, 0.15) is 39.3 Å². The van der Waals surface area contributed by atoms with Crippen LogP contribution < -0.4 is 5.32 Å². The molecule has 3 aromatic heterocycles. The summed E-state index contributed by atoms with van der Waals surface area (Å²) in [6, 6.07) is 7.72. The molecule has 1 aromatic carbocycles. The molecule has 198 valence electrons. The summed E-state index contributed by atoms with van der Waals surface area (Å²) in [6.45, 7) is 7.02. The van der Waals surface area contributed by atoms with Gasteiger partial charge in [-0.25, -0.2) is 19.7 Å². The molecular formula is C27H29ClN6O3S. The van der Waals surface area contributed by atoms with Crippen molar-refractivity contribution >= 4 is 51.8 Å². The van der Waals surface area contributed by atoms with E-state index in [1.165, 1.54) is 6.20 Å². The number of anilines is 1. The SMILES string of the molecule is CC(C)(C)OC(=O)N1CCCC(C(=O)Nc2cc(-c3ccc4c(c3)ncn4Cc3cscn3)c(Cl)cn2)C1. The average Bonchev–Trinajstić information content (AvgIpc) is 3.54. The van der Waals surface area contributed by atoms with Crippen molar-refractivity contribution in [1.29, 1.82) is 0 Å². The molecule has 38 heavy (non-hydrogen) atoms. The third kappa shape index (κ3) is 5.97. The molecule has 1 unspecified atom stereocenters. The van der Waals surface area contributed by atoms with E-state index in [0.717, 1.165) is 34.3 Å². The third-order valence-corrected chi connectivity index (χ3v) is 7.23. The fourth-order valence-electron chi connectivity index (χ4n) is 4.49. The number of likely N-dealkylation sites (tertiary alicyclic amines) is 1. The summed E-state index contributed by atoms with van der Waals surface area (Å²) in [6.07, 6.45) is 4.35. The molecule has 2 amide bonds. The second kappa shape index (κ2) is 10.7. The highest BCUT2D eigenvalue weighted by Gasteiger charge is 2.31. The van der Waals surface area contributed by atoms with Gasteiger partial charge < -0.3 is 19.5 Å². The van der Waals surface area contributed by atoms with Crippen molar-refractivity contribution in [3.8, 4) is 11.1 Å². The fraction of sp³-hybridized carbons (Fsp3) is 0.370. The van der Waals surface area contributed by atoms with Crippen LogP contribution in [0.5, 0.6) is 0 Å². The standard InChI is InChI=1S/C27H29ClN6O3S/c1-27(2,3)37-26(36)33-8-4-5-18(12-33)25(35)32-24-10-20(21(28)11-29-24)17-6-7-23-22(9-17)30-15-34(23)13-19-14-38-16-31-19/h6-7,9-11,14-16,18H,4-5,8,12-13H2,1-3H3,(H,29,32,35). The molecule has 0 radical (unpaired) electrons. The Labute approximate surface area is 229 Å². The van der Waals surface area contributed by atoms with Gasteiger partial charge in [0.2, 0.25) is 5.91 Å². The maximum atomic E-state index is 13.1. The number of fused-ring (bicyclic) bond motifs is 1. The molecule has 0 spiro atoms. The first kappa shape index (κ1) is 26.1. The molecule has 1 atom stereocenters. The zero-order chi connectivity index (χ0) is 26.9. The average molecular weight is 553 g/mol. The lowest BCUT2D eigenvalue weighted by Gasteiger charge is -2.33. The van der Waals surface area contributed by atoms with E-state index in [1.807, 2.05) is 49.9 Å². The van der Waals surface area contributed by atoms with Crippen molar-refractivity contribution in [2.45, 2.75) is 45.8 Å². The van der Waals surface area contributed by atoms with Gasteiger partial charge >= 0.3 is 6.09 Å². The fourth-order valence-corrected chi connectivity index (χ4v) is 5.25. The normalized spacial score (nSPS) is 16.0. The Hall–Kier alpha value is -3.50. The van der Waals surface area contributed by atoms with Crippen LogP contribution >= 0.6 is 22.9 Å². The summed E-state index contributed by atoms with van der Waals surface area (Å²) >= 11 is 8.08.